The van der Waals surface area contributed by atoms with E-state index < -0.39 is 0 Å². The number of aliphatic imine (C=N–C) groups is 1. The van der Waals surface area contributed by atoms with Crippen LogP contribution in [-0.4, -0.2) is 36.5 Å². The predicted molar refractivity (Wildman–Crippen MR) is 86.2 cm³/mol. The standard InChI is InChI=1S/C15H27N3OS/c1-2-9-16-13(19)6-10-17-14-18-11-15(12-20-14)7-4-3-5-8-15/h2-12H2,1H3,(H,16,19)(H,17,18). The van der Waals surface area contributed by atoms with Crippen LogP contribution in [0, 0.1) is 5.41 Å². The van der Waals surface area contributed by atoms with Crippen molar-refractivity contribution < 1.29 is 4.79 Å². The quantitative estimate of drug-likeness (QED) is 0.820. The molecule has 5 heteroatoms. The molecular weight excluding hydrogens is 270 g/mol. The van der Waals surface area contributed by atoms with Gasteiger partial charge in [-0.15, -0.1) is 0 Å². The molecule has 1 aliphatic heterocycles. The Hall–Kier alpha value is -0.710. The number of carbonyl (C=O) groups excluding carboxylic acids is 1. The molecule has 0 unspecified atom stereocenters. The van der Waals surface area contributed by atoms with Crippen LogP contribution in [0.15, 0.2) is 4.99 Å². The Kier molecular flexibility index (Phi) is 6.20. The van der Waals surface area contributed by atoms with E-state index in [0.29, 0.717) is 18.4 Å². The molecule has 0 saturated heterocycles. The Bertz CT molecular complexity index is 351. The molecule has 1 spiro atoms. The molecule has 20 heavy (non-hydrogen) atoms. The molecule has 1 heterocycles. The van der Waals surface area contributed by atoms with Crippen molar-refractivity contribution in [3.8, 4) is 0 Å². The molecule has 1 aliphatic carbocycles. The number of hydrogen-bond acceptors (Lipinski definition) is 4. The Morgan fingerprint density at radius 2 is 2.10 bits per heavy atom. The van der Waals surface area contributed by atoms with Gasteiger partial charge in [-0.3, -0.25) is 9.79 Å². The van der Waals surface area contributed by atoms with E-state index >= 15 is 0 Å². The van der Waals surface area contributed by atoms with Gasteiger partial charge in [-0.2, -0.15) is 0 Å². The lowest BCUT2D eigenvalue weighted by molar-refractivity contribution is -0.120. The molecule has 0 aromatic rings. The summed E-state index contributed by atoms with van der Waals surface area (Å²) >= 11 is 1.85. The van der Waals surface area contributed by atoms with E-state index in [-0.39, 0.29) is 5.91 Å². The zero-order valence-electron chi connectivity index (χ0n) is 12.5. The third kappa shape index (κ3) is 4.69. The highest BCUT2D eigenvalue weighted by Gasteiger charge is 2.34. The van der Waals surface area contributed by atoms with Crippen LogP contribution in [0.2, 0.25) is 0 Å². The second kappa shape index (κ2) is 7.91. The first-order chi connectivity index (χ1) is 9.74. The van der Waals surface area contributed by atoms with Crippen molar-refractivity contribution in [1.82, 2.24) is 10.6 Å². The average Bonchev–Trinajstić information content (AvgIpc) is 2.48. The number of amides is 1. The van der Waals surface area contributed by atoms with Gasteiger partial charge in [0.2, 0.25) is 5.91 Å². The van der Waals surface area contributed by atoms with E-state index in [9.17, 15) is 4.79 Å². The van der Waals surface area contributed by atoms with Crippen molar-refractivity contribution in [3.05, 3.63) is 0 Å². The van der Waals surface area contributed by atoms with Gasteiger partial charge < -0.3 is 10.6 Å². The molecule has 1 amide bonds. The van der Waals surface area contributed by atoms with Gasteiger partial charge in [0.25, 0.3) is 0 Å². The van der Waals surface area contributed by atoms with Crippen LogP contribution < -0.4 is 10.6 Å². The first-order valence-electron chi connectivity index (χ1n) is 7.92. The van der Waals surface area contributed by atoms with E-state index in [0.717, 1.165) is 24.7 Å². The topological polar surface area (TPSA) is 53.5 Å². The first-order valence-corrected chi connectivity index (χ1v) is 8.90. The van der Waals surface area contributed by atoms with E-state index in [1.807, 2.05) is 11.8 Å². The van der Waals surface area contributed by atoms with Gasteiger partial charge in [-0.25, -0.2) is 0 Å². The third-order valence-corrected chi connectivity index (χ3v) is 5.49. The largest absolute Gasteiger partial charge is 0.364 e. The fourth-order valence-corrected chi connectivity index (χ4v) is 4.08. The van der Waals surface area contributed by atoms with Crippen molar-refractivity contribution in [2.45, 2.75) is 51.9 Å². The fourth-order valence-electron chi connectivity index (χ4n) is 2.90. The number of rotatable bonds is 5. The van der Waals surface area contributed by atoms with Crippen LogP contribution in [0.3, 0.4) is 0 Å². The van der Waals surface area contributed by atoms with Crippen LogP contribution in [-0.2, 0) is 4.79 Å². The molecule has 2 N–H and O–H groups in total. The van der Waals surface area contributed by atoms with Crippen molar-refractivity contribution in [3.63, 3.8) is 0 Å². The smallest absolute Gasteiger partial charge is 0.221 e. The number of thioether (sulfide) groups is 1. The molecule has 1 saturated carbocycles. The van der Waals surface area contributed by atoms with Crippen LogP contribution in [0.4, 0.5) is 0 Å². The van der Waals surface area contributed by atoms with Crippen molar-refractivity contribution in [2.24, 2.45) is 10.4 Å². The summed E-state index contributed by atoms with van der Waals surface area (Å²) in [6.45, 7) is 4.50. The number of hydrogen-bond donors (Lipinski definition) is 2. The van der Waals surface area contributed by atoms with E-state index in [2.05, 4.69) is 17.6 Å². The summed E-state index contributed by atoms with van der Waals surface area (Å²) < 4.78 is 0. The summed E-state index contributed by atoms with van der Waals surface area (Å²) in [4.78, 5) is 16.2. The third-order valence-electron chi connectivity index (χ3n) is 4.19. The van der Waals surface area contributed by atoms with Crippen molar-refractivity contribution >= 4 is 22.8 Å². The van der Waals surface area contributed by atoms with Crippen LogP contribution in [0.1, 0.15) is 51.9 Å². The fraction of sp³-hybridized carbons (Fsp3) is 0.867. The van der Waals surface area contributed by atoms with Gasteiger partial charge in [-0.05, 0) is 24.7 Å². The summed E-state index contributed by atoms with van der Waals surface area (Å²) in [6.07, 6.45) is 8.35. The number of nitrogens with zero attached hydrogens (tertiary/aromatic N) is 1. The Balaban J connectivity index is 1.66. The van der Waals surface area contributed by atoms with Gasteiger partial charge in [0, 0.05) is 31.8 Å². The second-order valence-corrected chi connectivity index (χ2v) is 6.96. The van der Waals surface area contributed by atoms with Gasteiger partial charge in [0.1, 0.15) is 0 Å². The molecule has 2 aliphatic rings. The molecule has 0 aromatic carbocycles. The summed E-state index contributed by atoms with van der Waals surface area (Å²) in [6, 6.07) is 0. The summed E-state index contributed by atoms with van der Waals surface area (Å²) in [5.41, 5.74) is 0.479. The molecular formula is C15H27N3OS. The van der Waals surface area contributed by atoms with Crippen LogP contribution in [0.25, 0.3) is 0 Å². The average molecular weight is 297 g/mol. The van der Waals surface area contributed by atoms with Gasteiger partial charge in [-0.1, -0.05) is 37.9 Å². The highest BCUT2D eigenvalue weighted by Crippen LogP contribution is 2.41. The Labute approximate surface area is 126 Å². The number of nitrogens with one attached hydrogen (secondary N) is 2. The number of carbonyl (C=O) groups is 1. The maximum absolute atomic E-state index is 11.5. The zero-order chi connectivity index (χ0) is 14.3. The van der Waals surface area contributed by atoms with E-state index in [4.69, 9.17) is 4.99 Å². The summed E-state index contributed by atoms with van der Waals surface area (Å²) in [7, 11) is 0. The molecule has 0 bridgehead atoms. The monoisotopic (exact) mass is 297 g/mol. The number of amidine groups is 1. The van der Waals surface area contributed by atoms with Crippen molar-refractivity contribution in [1.29, 1.82) is 0 Å². The Morgan fingerprint density at radius 3 is 2.75 bits per heavy atom. The van der Waals surface area contributed by atoms with Crippen LogP contribution in [0.5, 0.6) is 0 Å². The first kappa shape index (κ1) is 15.7. The van der Waals surface area contributed by atoms with Crippen molar-refractivity contribution in [2.75, 3.05) is 25.4 Å². The maximum Gasteiger partial charge on any atom is 0.221 e. The van der Waals surface area contributed by atoms with E-state index in [1.165, 1.54) is 37.9 Å². The van der Waals surface area contributed by atoms with Crippen LogP contribution >= 0.6 is 11.8 Å². The molecule has 0 radical (unpaired) electrons. The lowest BCUT2D eigenvalue weighted by Crippen LogP contribution is -2.37. The van der Waals surface area contributed by atoms with Gasteiger partial charge in [0.05, 0.1) is 0 Å². The summed E-state index contributed by atoms with van der Waals surface area (Å²) in [5.74, 6) is 1.32. The van der Waals surface area contributed by atoms with Gasteiger partial charge in [0.15, 0.2) is 5.17 Å². The highest BCUT2D eigenvalue weighted by molar-refractivity contribution is 8.13. The molecule has 0 aromatic heterocycles. The lowest BCUT2D eigenvalue weighted by atomic mass is 9.75. The minimum Gasteiger partial charge on any atom is -0.364 e. The van der Waals surface area contributed by atoms with Gasteiger partial charge >= 0.3 is 0 Å². The minimum atomic E-state index is 0.129. The molecule has 0 atom stereocenters. The minimum absolute atomic E-state index is 0.129. The second-order valence-electron chi connectivity index (χ2n) is 6.00. The molecule has 2 rings (SSSR count). The maximum atomic E-state index is 11.5. The lowest BCUT2D eigenvalue weighted by Gasteiger charge is -2.38. The normalized spacial score (nSPS) is 21.4. The Morgan fingerprint density at radius 1 is 1.30 bits per heavy atom. The van der Waals surface area contributed by atoms with E-state index in [1.54, 1.807) is 0 Å². The predicted octanol–water partition coefficient (Wildman–Crippen LogP) is 2.55. The molecule has 4 nitrogen and oxygen atoms in total. The SMILES string of the molecule is CCCNC(=O)CCNC1=NCC2(CCCCC2)CS1. The highest BCUT2D eigenvalue weighted by atomic mass is 32.2. The molecule has 114 valence electrons. The summed E-state index contributed by atoms with van der Waals surface area (Å²) in [5, 5.41) is 7.23. The zero-order valence-corrected chi connectivity index (χ0v) is 13.4. The molecule has 1 fully saturated rings.